The molecule has 2 nitrogen and oxygen atoms in total. The van der Waals surface area contributed by atoms with Crippen LogP contribution in [0.5, 0.6) is 0 Å². The topological polar surface area (TPSA) is 33.0 Å². The van der Waals surface area contributed by atoms with Crippen LogP contribution in [0.4, 0.5) is 0 Å². The third-order valence-electron chi connectivity index (χ3n) is 3.97. The highest BCUT2D eigenvalue weighted by Crippen LogP contribution is 2.35. The Morgan fingerprint density at radius 2 is 2.00 bits per heavy atom. The number of nitriles is 1. The summed E-state index contributed by atoms with van der Waals surface area (Å²) >= 11 is 0. The fraction of sp³-hybridized carbons (Fsp3) is 0.929. The first-order valence-corrected chi connectivity index (χ1v) is 6.59. The van der Waals surface area contributed by atoms with Gasteiger partial charge in [0.25, 0.3) is 0 Å². The van der Waals surface area contributed by atoms with Crippen LogP contribution in [-0.2, 0) is 4.74 Å². The Labute approximate surface area is 100.0 Å². The second-order valence-electron chi connectivity index (χ2n) is 5.59. The predicted octanol–water partition coefficient (Wildman–Crippen LogP) is 3.91. The SMILES string of the molecule is CCC1CCC(C#N)C(OC(C)(C)CC)C1. The quantitative estimate of drug-likeness (QED) is 0.724. The fourth-order valence-corrected chi connectivity index (χ4v) is 2.35. The van der Waals surface area contributed by atoms with Gasteiger partial charge in [-0.05, 0) is 45.4 Å². The fourth-order valence-electron chi connectivity index (χ4n) is 2.35. The van der Waals surface area contributed by atoms with Crippen molar-refractivity contribution in [1.82, 2.24) is 0 Å². The van der Waals surface area contributed by atoms with E-state index in [1.807, 2.05) is 0 Å². The lowest BCUT2D eigenvalue weighted by Crippen LogP contribution is -2.38. The summed E-state index contributed by atoms with van der Waals surface area (Å²) in [6, 6.07) is 2.42. The molecule has 3 atom stereocenters. The van der Waals surface area contributed by atoms with Gasteiger partial charge in [0.15, 0.2) is 0 Å². The molecule has 0 aromatic heterocycles. The number of nitrogens with zero attached hydrogens (tertiary/aromatic N) is 1. The van der Waals surface area contributed by atoms with Crippen LogP contribution in [-0.4, -0.2) is 11.7 Å². The van der Waals surface area contributed by atoms with Gasteiger partial charge in [-0.2, -0.15) is 5.26 Å². The minimum Gasteiger partial charge on any atom is -0.371 e. The van der Waals surface area contributed by atoms with Gasteiger partial charge in [0.05, 0.1) is 23.7 Å². The Hall–Kier alpha value is -0.550. The van der Waals surface area contributed by atoms with E-state index in [0.717, 1.165) is 25.2 Å². The lowest BCUT2D eigenvalue weighted by molar-refractivity contribution is -0.107. The van der Waals surface area contributed by atoms with E-state index in [4.69, 9.17) is 10.00 Å². The Kier molecular flexibility index (Phi) is 4.80. The van der Waals surface area contributed by atoms with Gasteiger partial charge < -0.3 is 4.74 Å². The van der Waals surface area contributed by atoms with E-state index in [1.165, 1.54) is 12.8 Å². The van der Waals surface area contributed by atoms with Gasteiger partial charge in [0, 0.05) is 0 Å². The molecule has 1 aliphatic carbocycles. The molecule has 1 rings (SSSR count). The number of rotatable bonds is 4. The molecule has 0 aromatic carbocycles. The molecule has 0 bridgehead atoms. The zero-order valence-corrected chi connectivity index (χ0v) is 11.1. The Balaban J connectivity index is 2.62. The van der Waals surface area contributed by atoms with Gasteiger partial charge in [0.2, 0.25) is 0 Å². The normalized spacial score (nSPS) is 31.1. The van der Waals surface area contributed by atoms with Crippen LogP contribution in [0.15, 0.2) is 0 Å². The third-order valence-corrected chi connectivity index (χ3v) is 3.97. The lowest BCUT2D eigenvalue weighted by Gasteiger charge is -2.37. The van der Waals surface area contributed by atoms with Crippen molar-refractivity contribution < 1.29 is 4.74 Å². The van der Waals surface area contributed by atoms with E-state index in [0.29, 0.717) is 0 Å². The second-order valence-corrected chi connectivity index (χ2v) is 5.59. The maximum Gasteiger partial charge on any atom is 0.0743 e. The maximum atomic E-state index is 9.16. The molecule has 16 heavy (non-hydrogen) atoms. The standard InChI is InChI=1S/C14H25NO/c1-5-11-7-8-12(10-15)13(9-11)16-14(3,4)6-2/h11-13H,5-9H2,1-4H3. The first-order valence-electron chi connectivity index (χ1n) is 6.59. The van der Waals surface area contributed by atoms with Crippen molar-refractivity contribution in [3.05, 3.63) is 0 Å². The lowest BCUT2D eigenvalue weighted by atomic mass is 9.79. The van der Waals surface area contributed by atoms with Crippen LogP contribution >= 0.6 is 0 Å². The summed E-state index contributed by atoms with van der Waals surface area (Å²) in [5, 5.41) is 9.16. The average molecular weight is 223 g/mol. The summed E-state index contributed by atoms with van der Waals surface area (Å²) in [6.45, 7) is 8.62. The maximum absolute atomic E-state index is 9.16. The predicted molar refractivity (Wildman–Crippen MR) is 66.0 cm³/mol. The van der Waals surface area contributed by atoms with Crippen LogP contribution < -0.4 is 0 Å². The smallest absolute Gasteiger partial charge is 0.0743 e. The molecule has 0 saturated heterocycles. The molecule has 0 heterocycles. The van der Waals surface area contributed by atoms with Gasteiger partial charge in [-0.25, -0.2) is 0 Å². The van der Waals surface area contributed by atoms with E-state index in [1.54, 1.807) is 0 Å². The molecule has 0 spiro atoms. The highest BCUT2D eigenvalue weighted by Gasteiger charge is 2.33. The summed E-state index contributed by atoms with van der Waals surface area (Å²) < 4.78 is 6.14. The third kappa shape index (κ3) is 3.49. The van der Waals surface area contributed by atoms with Crippen molar-refractivity contribution >= 4 is 0 Å². The van der Waals surface area contributed by atoms with Crippen molar-refractivity contribution in [3.8, 4) is 6.07 Å². The van der Waals surface area contributed by atoms with Crippen LogP contribution in [0, 0.1) is 23.2 Å². The first-order chi connectivity index (χ1) is 7.52. The average Bonchev–Trinajstić information content (AvgIpc) is 2.28. The van der Waals surface area contributed by atoms with Crippen LogP contribution in [0.3, 0.4) is 0 Å². The van der Waals surface area contributed by atoms with Gasteiger partial charge in [0.1, 0.15) is 0 Å². The summed E-state index contributed by atoms with van der Waals surface area (Å²) in [5.74, 6) is 0.857. The number of hydrogen-bond donors (Lipinski definition) is 0. The van der Waals surface area contributed by atoms with E-state index in [9.17, 15) is 0 Å². The molecule has 0 aromatic rings. The van der Waals surface area contributed by atoms with E-state index >= 15 is 0 Å². The van der Waals surface area contributed by atoms with Crippen molar-refractivity contribution in [2.75, 3.05) is 0 Å². The van der Waals surface area contributed by atoms with Gasteiger partial charge in [-0.1, -0.05) is 20.3 Å². The molecular formula is C14H25NO. The molecule has 0 aliphatic heterocycles. The molecule has 1 aliphatic rings. The Morgan fingerprint density at radius 3 is 2.50 bits per heavy atom. The Morgan fingerprint density at radius 1 is 1.31 bits per heavy atom. The van der Waals surface area contributed by atoms with Crippen molar-refractivity contribution in [2.45, 2.75) is 71.5 Å². The zero-order chi connectivity index (χ0) is 12.2. The largest absolute Gasteiger partial charge is 0.371 e. The van der Waals surface area contributed by atoms with Gasteiger partial charge in [-0.15, -0.1) is 0 Å². The zero-order valence-electron chi connectivity index (χ0n) is 11.1. The molecule has 3 unspecified atom stereocenters. The first kappa shape index (κ1) is 13.5. The van der Waals surface area contributed by atoms with Crippen molar-refractivity contribution in [2.24, 2.45) is 11.8 Å². The minimum atomic E-state index is -0.0879. The molecule has 1 fully saturated rings. The molecule has 0 radical (unpaired) electrons. The highest BCUT2D eigenvalue weighted by molar-refractivity contribution is 4.94. The minimum absolute atomic E-state index is 0.0879. The summed E-state index contributed by atoms with van der Waals surface area (Å²) in [6.07, 6.45) is 5.64. The number of ether oxygens (including phenoxy) is 1. The highest BCUT2D eigenvalue weighted by atomic mass is 16.5. The molecule has 0 amide bonds. The van der Waals surface area contributed by atoms with E-state index in [-0.39, 0.29) is 17.6 Å². The summed E-state index contributed by atoms with van der Waals surface area (Å²) in [4.78, 5) is 0. The monoisotopic (exact) mass is 223 g/mol. The summed E-state index contributed by atoms with van der Waals surface area (Å²) in [7, 11) is 0. The molecular weight excluding hydrogens is 198 g/mol. The number of hydrogen-bond acceptors (Lipinski definition) is 2. The van der Waals surface area contributed by atoms with Crippen LogP contribution in [0.25, 0.3) is 0 Å². The summed E-state index contributed by atoms with van der Waals surface area (Å²) in [5.41, 5.74) is -0.0879. The molecule has 2 heteroatoms. The second kappa shape index (κ2) is 5.68. The van der Waals surface area contributed by atoms with Gasteiger partial charge in [-0.3, -0.25) is 0 Å². The molecule has 92 valence electrons. The van der Waals surface area contributed by atoms with Crippen LogP contribution in [0.1, 0.15) is 59.8 Å². The Bertz CT molecular complexity index is 254. The van der Waals surface area contributed by atoms with Crippen molar-refractivity contribution in [3.63, 3.8) is 0 Å². The van der Waals surface area contributed by atoms with E-state index in [2.05, 4.69) is 33.8 Å². The molecule has 0 N–H and O–H groups in total. The van der Waals surface area contributed by atoms with Gasteiger partial charge >= 0.3 is 0 Å². The molecule has 1 saturated carbocycles. The van der Waals surface area contributed by atoms with Crippen molar-refractivity contribution in [1.29, 1.82) is 5.26 Å². The van der Waals surface area contributed by atoms with Crippen LogP contribution in [0.2, 0.25) is 0 Å². The van der Waals surface area contributed by atoms with E-state index < -0.39 is 0 Å².